The second-order valence-electron chi connectivity index (χ2n) is 2.91. The van der Waals surface area contributed by atoms with E-state index in [9.17, 15) is 13.6 Å². The molecule has 0 heterocycles. The largest absolute Gasteiger partial charge is 0.435 e. The highest BCUT2D eigenvalue weighted by atomic mass is 19.3. The number of ketones is 1. The first-order valence-electron chi connectivity index (χ1n) is 4.07. The Bertz CT molecular complexity index is 348. The van der Waals surface area contributed by atoms with E-state index in [1.807, 2.05) is 0 Å². The van der Waals surface area contributed by atoms with E-state index in [2.05, 4.69) is 4.74 Å². The molecule has 0 atom stereocenters. The van der Waals surface area contributed by atoms with Gasteiger partial charge in [0.15, 0.2) is 5.78 Å². The topological polar surface area (TPSA) is 26.3 Å². The zero-order valence-corrected chi connectivity index (χ0v) is 7.88. The van der Waals surface area contributed by atoms with Crippen LogP contribution in [0.25, 0.3) is 0 Å². The Labute approximate surface area is 80.5 Å². The number of ether oxygens (including phenoxy) is 1. The summed E-state index contributed by atoms with van der Waals surface area (Å²) in [6, 6.07) is 4.26. The van der Waals surface area contributed by atoms with Gasteiger partial charge in [0.05, 0.1) is 0 Å². The van der Waals surface area contributed by atoms with Gasteiger partial charge in [-0.15, -0.1) is 0 Å². The van der Waals surface area contributed by atoms with E-state index in [0.29, 0.717) is 11.1 Å². The van der Waals surface area contributed by atoms with E-state index >= 15 is 0 Å². The Balaban J connectivity index is 2.94. The number of carbonyl (C=O) groups is 1. The van der Waals surface area contributed by atoms with Crippen LogP contribution in [0.3, 0.4) is 0 Å². The molecule has 0 aliphatic heterocycles. The number of halogens is 2. The predicted molar refractivity (Wildman–Crippen MR) is 47.8 cm³/mol. The van der Waals surface area contributed by atoms with E-state index in [1.165, 1.54) is 25.1 Å². The van der Waals surface area contributed by atoms with Crippen LogP contribution in [0.5, 0.6) is 5.75 Å². The average molecular weight is 200 g/mol. The fraction of sp³-hybridized carbons (Fsp3) is 0.300. The zero-order valence-electron chi connectivity index (χ0n) is 7.88. The van der Waals surface area contributed by atoms with Crippen LogP contribution in [0.4, 0.5) is 8.78 Å². The van der Waals surface area contributed by atoms with Gasteiger partial charge >= 0.3 is 6.61 Å². The van der Waals surface area contributed by atoms with Crippen molar-refractivity contribution in [2.75, 3.05) is 0 Å². The van der Waals surface area contributed by atoms with Gasteiger partial charge in [0.25, 0.3) is 0 Å². The van der Waals surface area contributed by atoms with Crippen molar-refractivity contribution in [1.82, 2.24) is 0 Å². The van der Waals surface area contributed by atoms with Crippen molar-refractivity contribution in [2.24, 2.45) is 0 Å². The quantitative estimate of drug-likeness (QED) is 0.701. The van der Waals surface area contributed by atoms with Crippen molar-refractivity contribution >= 4 is 5.78 Å². The molecular formula is C10H10F2O2. The number of hydrogen-bond donors (Lipinski definition) is 0. The lowest BCUT2D eigenvalue weighted by molar-refractivity contribution is -0.0498. The van der Waals surface area contributed by atoms with E-state index in [4.69, 9.17) is 0 Å². The SMILES string of the molecule is CC(=O)c1ccc(OC(F)F)cc1C. The Kier molecular flexibility index (Phi) is 3.17. The summed E-state index contributed by atoms with van der Waals surface area (Å²) < 4.78 is 27.8. The third-order valence-corrected chi connectivity index (χ3v) is 1.80. The van der Waals surface area contributed by atoms with E-state index in [0.717, 1.165) is 0 Å². The number of Topliss-reactive ketones (excluding diaryl/α,β-unsaturated/α-hetero) is 1. The first kappa shape index (κ1) is 10.6. The summed E-state index contributed by atoms with van der Waals surface area (Å²) in [6.45, 7) is 0.267. The van der Waals surface area contributed by atoms with Gasteiger partial charge in [0.2, 0.25) is 0 Å². The molecule has 1 aromatic rings. The molecule has 0 saturated carbocycles. The Morgan fingerprint density at radius 1 is 1.43 bits per heavy atom. The standard InChI is InChI=1S/C10H10F2O2/c1-6-5-8(14-10(11)12)3-4-9(6)7(2)13/h3-5,10H,1-2H3. The van der Waals surface area contributed by atoms with Crippen LogP contribution in [0.15, 0.2) is 18.2 Å². The summed E-state index contributed by atoms with van der Waals surface area (Å²) in [5.41, 5.74) is 1.15. The number of carbonyl (C=O) groups excluding carboxylic acids is 1. The first-order valence-corrected chi connectivity index (χ1v) is 4.07. The van der Waals surface area contributed by atoms with Crippen molar-refractivity contribution in [1.29, 1.82) is 0 Å². The molecule has 0 spiro atoms. The number of benzene rings is 1. The van der Waals surface area contributed by atoms with Crippen LogP contribution >= 0.6 is 0 Å². The van der Waals surface area contributed by atoms with Gasteiger partial charge in [-0.25, -0.2) is 0 Å². The third-order valence-electron chi connectivity index (χ3n) is 1.80. The van der Waals surface area contributed by atoms with Crippen LogP contribution in [0.1, 0.15) is 22.8 Å². The molecular weight excluding hydrogens is 190 g/mol. The van der Waals surface area contributed by atoms with Gasteiger partial charge in [-0.05, 0) is 37.6 Å². The molecule has 0 saturated heterocycles. The summed E-state index contributed by atoms with van der Waals surface area (Å²) in [5, 5.41) is 0. The fourth-order valence-corrected chi connectivity index (χ4v) is 1.21. The van der Waals surface area contributed by atoms with Crippen LogP contribution in [-0.4, -0.2) is 12.4 Å². The van der Waals surface area contributed by atoms with Crippen molar-refractivity contribution in [3.8, 4) is 5.75 Å². The average Bonchev–Trinajstić information content (AvgIpc) is 2.01. The van der Waals surface area contributed by atoms with Crippen LogP contribution in [0, 0.1) is 6.92 Å². The molecule has 76 valence electrons. The lowest BCUT2D eigenvalue weighted by Crippen LogP contribution is -2.03. The molecule has 4 heteroatoms. The number of aryl methyl sites for hydroxylation is 1. The van der Waals surface area contributed by atoms with E-state index < -0.39 is 6.61 Å². The van der Waals surface area contributed by atoms with Crippen LogP contribution in [-0.2, 0) is 0 Å². The van der Waals surface area contributed by atoms with Gasteiger partial charge < -0.3 is 4.74 Å². The Morgan fingerprint density at radius 3 is 2.50 bits per heavy atom. The number of rotatable bonds is 3. The summed E-state index contributed by atoms with van der Waals surface area (Å²) in [5.74, 6) is -0.0198. The molecule has 0 aliphatic carbocycles. The van der Waals surface area contributed by atoms with Crippen LogP contribution in [0.2, 0.25) is 0 Å². The lowest BCUT2D eigenvalue weighted by Gasteiger charge is -2.07. The highest BCUT2D eigenvalue weighted by Crippen LogP contribution is 2.19. The zero-order chi connectivity index (χ0) is 10.7. The molecule has 0 bridgehead atoms. The predicted octanol–water partition coefficient (Wildman–Crippen LogP) is 2.80. The van der Waals surface area contributed by atoms with Gasteiger partial charge in [-0.3, -0.25) is 4.79 Å². The second-order valence-corrected chi connectivity index (χ2v) is 2.91. The van der Waals surface area contributed by atoms with Gasteiger partial charge in [-0.2, -0.15) is 8.78 Å². The molecule has 1 aromatic carbocycles. The van der Waals surface area contributed by atoms with Crippen molar-refractivity contribution in [3.63, 3.8) is 0 Å². The Hall–Kier alpha value is -1.45. The van der Waals surface area contributed by atoms with Gasteiger partial charge in [0.1, 0.15) is 5.75 Å². The minimum absolute atomic E-state index is 0.0718. The molecule has 0 fully saturated rings. The van der Waals surface area contributed by atoms with E-state index in [1.54, 1.807) is 6.92 Å². The number of alkyl halides is 2. The summed E-state index contributed by atoms with van der Waals surface area (Å²) in [4.78, 5) is 11.0. The third kappa shape index (κ3) is 2.52. The molecule has 0 aliphatic rings. The Morgan fingerprint density at radius 2 is 2.07 bits per heavy atom. The maximum atomic E-state index is 11.8. The monoisotopic (exact) mass is 200 g/mol. The smallest absolute Gasteiger partial charge is 0.387 e. The minimum Gasteiger partial charge on any atom is -0.435 e. The van der Waals surface area contributed by atoms with Crippen molar-refractivity contribution in [2.45, 2.75) is 20.5 Å². The molecule has 14 heavy (non-hydrogen) atoms. The molecule has 0 radical (unpaired) electrons. The highest BCUT2D eigenvalue weighted by Gasteiger charge is 2.08. The molecule has 0 N–H and O–H groups in total. The van der Waals surface area contributed by atoms with Crippen molar-refractivity contribution in [3.05, 3.63) is 29.3 Å². The second kappa shape index (κ2) is 4.17. The molecule has 0 unspecified atom stereocenters. The normalized spacial score (nSPS) is 10.4. The van der Waals surface area contributed by atoms with E-state index in [-0.39, 0.29) is 11.5 Å². The molecule has 0 amide bonds. The summed E-state index contributed by atoms with van der Waals surface area (Å²) in [7, 11) is 0. The summed E-state index contributed by atoms with van der Waals surface area (Å²) in [6.07, 6.45) is 0. The molecule has 2 nitrogen and oxygen atoms in total. The maximum absolute atomic E-state index is 11.8. The first-order chi connectivity index (χ1) is 6.50. The number of hydrogen-bond acceptors (Lipinski definition) is 2. The van der Waals surface area contributed by atoms with Crippen LogP contribution < -0.4 is 4.74 Å². The molecule has 0 aromatic heterocycles. The van der Waals surface area contributed by atoms with Crippen molar-refractivity contribution < 1.29 is 18.3 Å². The lowest BCUT2D eigenvalue weighted by atomic mass is 10.1. The highest BCUT2D eigenvalue weighted by molar-refractivity contribution is 5.95. The molecule has 1 rings (SSSR count). The van der Waals surface area contributed by atoms with Gasteiger partial charge in [0, 0.05) is 5.56 Å². The summed E-state index contributed by atoms with van der Waals surface area (Å²) >= 11 is 0. The maximum Gasteiger partial charge on any atom is 0.387 e. The minimum atomic E-state index is -2.84. The fourth-order valence-electron chi connectivity index (χ4n) is 1.21. The van der Waals surface area contributed by atoms with Gasteiger partial charge in [-0.1, -0.05) is 0 Å².